The van der Waals surface area contributed by atoms with E-state index >= 15 is 0 Å². The van der Waals surface area contributed by atoms with Crippen LogP contribution >= 0.6 is 23.4 Å². The first kappa shape index (κ1) is 22.6. The number of rotatable bonds is 5. The molecule has 0 aliphatic carbocycles. The van der Waals surface area contributed by atoms with Crippen LogP contribution in [0.2, 0.25) is 5.02 Å². The minimum absolute atomic E-state index is 0.0480. The number of carbonyl (C=O) groups is 1. The largest absolute Gasteiger partial charge is 0.457 e. The average Bonchev–Trinajstić information content (AvgIpc) is 3.45. The number of nitro groups is 1. The number of furan rings is 1. The lowest BCUT2D eigenvalue weighted by atomic mass is 10.1. The highest BCUT2D eigenvalue weighted by Crippen LogP contribution is 2.38. The molecule has 2 heterocycles. The van der Waals surface area contributed by atoms with Gasteiger partial charge in [0.1, 0.15) is 16.5 Å². The van der Waals surface area contributed by atoms with Gasteiger partial charge >= 0.3 is 0 Å². The topological polar surface area (TPSA) is 88.9 Å². The Morgan fingerprint density at radius 1 is 0.971 bits per heavy atom. The second-order valence-corrected chi connectivity index (χ2v) is 8.86. The molecule has 1 fully saturated rings. The number of nitrogens with zero attached hydrogens (tertiary/aromatic N) is 3. The Labute approximate surface area is 209 Å². The molecule has 0 unspecified atom stereocenters. The van der Waals surface area contributed by atoms with Crippen LogP contribution in [-0.2, 0) is 4.79 Å². The molecule has 3 aromatic carbocycles. The van der Waals surface area contributed by atoms with Gasteiger partial charge in [-0.2, -0.15) is 0 Å². The van der Waals surface area contributed by atoms with E-state index in [4.69, 9.17) is 16.0 Å². The number of hydrogen-bond acceptors (Lipinski definition) is 6. The summed E-state index contributed by atoms with van der Waals surface area (Å²) in [5, 5.41) is 11.8. The van der Waals surface area contributed by atoms with Crippen LogP contribution in [0.25, 0.3) is 17.4 Å². The fourth-order valence-electron chi connectivity index (χ4n) is 3.49. The number of carbonyl (C=O) groups excluding carboxylic acids is 1. The maximum Gasteiger partial charge on any atom is 0.288 e. The molecule has 5 rings (SSSR count). The summed E-state index contributed by atoms with van der Waals surface area (Å²) in [5.41, 5.74) is 1.74. The molecular weight excluding hydrogens is 486 g/mol. The van der Waals surface area contributed by atoms with Crippen molar-refractivity contribution in [2.24, 2.45) is 4.99 Å². The smallest absolute Gasteiger partial charge is 0.288 e. The van der Waals surface area contributed by atoms with E-state index in [1.807, 2.05) is 60.7 Å². The van der Waals surface area contributed by atoms with E-state index in [1.54, 1.807) is 29.2 Å². The molecule has 172 valence electrons. The van der Waals surface area contributed by atoms with Gasteiger partial charge in [-0.3, -0.25) is 19.8 Å². The standard InChI is InChI=1S/C26H16ClN3O4S/c27-21-13-11-17(15-22(21)30(32)33)23-14-12-20(34-23)16-24-25(31)29(19-9-5-2-6-10-19)26(35-24)28-18-7-3-1-4-8-18/h1-16H/b24-16-,28-26?. The number of anilines is 1. The van der Waals surface area contributed by atoms with E-state index in [2.05, 4.69) is 4.99 Å². The second-order valence-electron chi connectivity index (χ2n) is 7.44. The van der Waals surface area contributed by atoms with Crippen LogP contribution in [0.1, 0.15) is 5.76 Å². The van der Waals surface area contributed by atoms with Crippen molar-refractivity contribution in [3.8, 4) is 11.3 Å². The molecular formula is C26H16ClN3O4S. The summed E-state index contributed by atoms with van der Waals surface area (Å²) < 4.78 is 5.88. The molecule has 0 saturated carbocycles. The van der Waals surface area contributed by atoms with Crippen LogP contribution in [-0.4, -0.2) is 16.0 Å². The van der Waals surface area contributed by atoms with Crippen LogP contribution in [0, 0.1) is 10.1 Å². The number of thioether (sulfide) groups is 1. The molecule has 35 heavy (non-hydrogen) atoms. The van der Waals surface area contributed by atoms with Crippen LogP contribution < -0.4 is 4.90 Å². The van der Waals surface area contributed by atoms with Gasteiger partial charge in [0, 0.05) is 17.7 Å². The molecule has 7 nitrogen and oxygen atoms in total. The Balaban J connectivity index is 1.49. The first-order valence-corrected chi connectivity index (χ1v) is 11.7. The molecule has 0 bridgehead atoms. The van der Waals surface area contributed by atoms with Crippen molar-refractivity contribution in [3.63, 3.8) is 0 Å². The lowest BCUT2D eigenvalue weighted by Crippen LogP contribution is -2.28. The quantitative estimate of drug-likeness (QED) is 0.162. The lowest BCUT2D eigenvalue weighted by molar-refractivity contribution is -0.384. The predicted molar refractivity (Wildman–Crippen MR) is 139 cm³/mol. The Bertz CT molecular complexity index is 1480. The van der Waals surface area contributed by atoms with Gasteiger partial charge in [0.25, 0.3) is 11.6 Å². The zero-order chi connectivity index (χ0) is 24.4. The fraction of sp³-hybridized carbons (Fsp3) is 0. The summed E-state index contributed by atoms with van der Waals surface area (Å²) in [7, 11) is 0. The van der Waals surface area contributed by atoms with Crippen molar-refractivity contribution in [3.05, 3.63) is 117 Å². The maximum absolute atomic E-state index is 13.4. The van der Waals surface area contributed by atoms with E-state index in [9.17, 15) is 14.9 Å². The van der Waals surface area contributed by atoms with Gasteiger partial charge in [-0.05, 0) is 60.3 Å². The number of para-hydroxylation sites is 2. The summed E-state index contributed by atoms with van der Waals surface area (Å²) in [5.74, 6) is 0.628. The zero-order valence-corrected chi connectivity index (χ0v) is 19.6. The van der Waals surface area contributed by atoms with Crippen LogP contribution in [0.15, 0.2) is 105 Å². The number of amides is 1. The van der Waals surface area contributed by atoms with Crippen molar-refractivity contribution in [2.45, 2.75) is 0 Å². The monoisotopic (exact) mass is 501 g/mol. The van der Waals surface area contributed by atoms with E-state index in [-0.39, 0.29) is 16.6 Å². The van der Waals surface area contributed by atoms with Crippen LogP contribution in [0.3, 0.4) is 0 Å². The Hall–Kier alpha value is -4.14. The van der Waals surface area contributed by atoms with Gasteiger partial charge < -0.3 is 4.42 Å². The summed E-state index contributed by atoms with van der Waals surface area (Å²) in [4.78, 5) is 30.7. The molecule has 1 aliphatic heterocycles. The van der Waals surface area contributed by atoms with Gasteiger partial charge in [-0.15, -0.1) is 0 Å². The van der Waals surface area contributed by atoms with Gasteiger partial charge in [0.15, 0.2) is 5.17 Å². The van der Waals surface area contributed by atoms with E-state index in [1.165, 1.54) is 23.9 Å². The predicted octanol–water partition coefficient (Wildman–Crippen LogP) is 7.32. The highest BCUT2D eigenvalue weighted by molar-refractivity contribution is 8.19. The number of amidine groups is 1. The molecule has 1 aliphatic rings. The number of nitro benzene ring substituents is 1. The number of benzene rings is 3. The maximum atomic E-state index is 13.4. The molecule has 9 heteroatoms. The minimum atomic E-state index is -0.544. The highest BCUT2D eigenvalue weighted by atomic mass is 35.5. The van der Waals surface area contributed by atoms with E-state index < -0.39 is 4.92 Å². The Morgan fingerprint density at radius 3 is 2.40 bits per heavy atom. The fourth-order valence-corrected chi connectivity index (χ4v) is 4.65. The molecule has 1 aromatic heterocycles. The third kappa shape index (κ3) is 4.75. The molecule has 0 atom stereocenters. The Morgan fingerprint density at radius 2 is 1.69 bits per heavy atom. The van der Waals surface area contributed by atoms with Crippen molar-refractivity contribution < 1.29 is 14.1 Å². The van der Waals surface area contributed by atoms with Crippen molar-refractivity contribution in [1.82, 2.24) is 0 Å². The molecule has 4 aromatic rings. The normalized spacial score (nSPS) is 15.8. The third-order valence-electron chi connectivity index (χ3n) is 5.13. The summed E-state index contributed by atoms with van der Waals surface area (Å²) in [6.45, 7) is 0. The first-order valence-electron chi connectivity index (χ1n) is 10.5. The summed E-state index contributed by atoms with van der Waals surface area (Å²) in [6.07, 6.45) is 1.64. The SMILES string of the molecule is O=C1/C(=C/c2ccc(-c3ccc(Cl)c([N+](=O)[O-])c3)o2)SC(=Nc2ccccc2)N1c1ccccc1. The molecule has 0 spiro atoms. The number of halogens is 1. The second kappa shape index (κ2) is 9.61. The number of aliphatic imine (C=N–C) groups is 1. The molecule has 0 radical (unpaired) electrons. The van der Waals surface area contributed by atoms with Gasteiger partial charge in [0.2, 0.25) is 0 Å². The van der Waals surface area contributed by atoms with Crippen molar-refractivity contribution >= 4 is 57.6 Å². The van der Waals surface area contributed by atoms with Crippen LogP contribution in [0.4, 0.5) is 17.1 Å². The average molecular weight is 502 g/mol. The molecule has 0 N–H and O–H groups in total. The van der Waals surface area contributed by atoms with Gasteiger partial charge in [0.05, 0.1) is 21.2 Å². The number of hydrogen-bond donors (Lipinski definition) is 0. The Kier molecular flexibility index (Phi) is 6.22. The first-order chi connectivity index (χ1) is 17.0. The van der Waals surface area contributed by atoms with E-state index in [0.29, 0.717) is 32.8 Å². The van der Waals surface area contributed by atoms with Gasteiger partial charge in [-0.1, -0.05) is 48.0 Å². The lowest BCUT2D eigenvalue weighted by Gasteiger charge is -2.15. The van der Waals surface area contributed by atoms with Crippen molar-refractivity contribution in [1.29, 1.82) is 0 Å². The molecule has 1 saturated heterocycles. The minimum Gasteiger partial charge on any atom is -0.457 e. The zero-order valence-electron chi connectivity index (χ0n) is 18.0. The van der Waals surface area contributed by atoms with Crippen LogP contribution in [0.5, 0.6) is 0 Å². The highest BCUT2D eigenvalue weighted by Gasteiger charge is 2.35. The van der Waals surface area contributed by atoms with Crippen molar-refractivity contribution in [2.75, 3.05) is 4.90 Å². The third-order valence-corrected chi connectivity index (χ3v) is 6.42. The van der Waals surface area contributed by atoms with E-state index in [0.717, 1.165) is 5.69 Å². The summed E-state index contributed by atoms with van der Waals surface area (Å²) >= 11 is 7.16. The van der Waals surface area contributed by atoms with Gasteiger partial charge in [-0.25, -0.2) is 4.99 Å². The summed E-state index contributed by atoms with van der Waals surface area (Å²) in [6, 6.07) is 26.6. The molecule has 1 amide bonds.